The molecule has 13 heavy (non-hydrogen) atoms. The van der Waals surface area contributed by atoms with Crippen LogP contribution in [0.1, 0.15) is 26.2 Å². The molecule has 0 N–H and O–H groups in total. The summed E-state index contributed by atoms with van der Waals surface area (Å²) in [4.78, 5) is 11.2. The summed E-state index contributed by atoms with van der Waals surface area (Å²) in [5, 5.41) is 0. The number of allylic oxidation sites excluding steroid dienone is 3. The van der Waals surface area contributed by atoms with Crippen LogP contribution in [0.15, 0.2) is 24.3 Å². The van der Waals surface area contributed by atoms with E-state index in [1.165, 1.54) is 0 Å². The minimum Gasteiger partial charge on any atom is -0.461 e. The van der Waals surface area contributed by atoms with E-state index in [0.717, 1.165) is 12.8 Å². The van der Waals surface area contributed by atoms with Crippen LogP contribution in [0.25, 0.3) is 0 Å². The zero-order valence-electron chi connectivity index (χ0n) is 8.03. The second kappa shape index (κ2) is 5.57. The highest BCUT2D eigenvalue weighted by atomic mass is 16.5. The first-order valence-electron chi connectivity index (χ1n) is 4.76. The molecule has 0 aromatic rings. The molecular weight excluding hydrogens is 164 g/mol. The van der Waals surface area contributed by atoms with Gasteiger partial charge >= 0.3 is 5.97 Å². The highest BCUT2D eigenvalue weighted by molar-refractivity contribution is 5.70. The second-order valence-corrected chi connectivity index (χ2v) is 3.22. The molecule has 1 atom stereocenters. The van der Waals surface area contributed by atoms with Crippen LogP contribution in [0.5, 0.6) is 0 Å². The van der Waals surface area contributed by atoms with E-state index in [1.807, 2.05) is 19.1 Å². The Kier molecular flexibility index (Phi) is 4.30. The molecule has 0 aliphatic heterocycles. The van der Waals surface area contributed by atoms with E-state index in [-0.39, 0.29) is 5.97 Å². The van der Waals surface area contributed by atoms with Crippen LogP contribution in [-0.2, 0) is 9.53 Å². The number of carbonyl (C=O) groups is 1. The molecule has 72 valence electrons. The fourth-order valence-corrected chi connectivity index (χ4v) is 1.38. The summed E-state index contributed by atoms with van der Waals surface area (Å²) in [7, 11) is 0. The lowest BCUT2D eigenvalue weighted by Crippen LogP contribution is -2.08. The van der Waals surface area contributed by atoms with Gasteiger partial charge in [-0.05, 0) is 25.7 Å². The molecule has 0 saturated carbocycles. The van der Waals surface area contributed by atoms with Crippen molar-refractivity contribution in [2.24, 2.45) is 5.92 Å². The van der Waals surface area contributed by atoms with Crippen molar-refractivity contribution in [2.45, 2.75) is 26.2 Å². The second-order valence-electron chi connectivity index (χ2n) is 3.22. The predicted octanol–water partition coefficient (Wildman–Crippen LogP) is 2.46. The van der Waals surface area contributed by atoms with Gasteiger partial charge in [0.1, 0.15) is 6.61 Å². The topological polar surface area (TPSA) is 26.3 Å². The fourth-order valence-electron chi connectivity index (χ4n) is 1.38. The van der Waals surface area contributed by atoms with Gasteiger partial charge in [-0.3, -0.25) is 4.79 Å². The first kappa shape index (κ1) is 10.0. The molecule has 0 bridgehead atoms. The molecule has 0 saturated heterocycles. The minimum atomic E-state index is -0.0883. The molecule has 0 heterocycles. The zero-order chi connectivity index (χ0) is 9.52. The van der Waals surface area contributed by atoms with Crippen LogP contribution in [0.3, 0.4) is 0 Å². The van der Waals surface area contributed by atoms with Crippen LogP contribution in [0.4, 0.5) is 0 Å². The highest BCUT2D eigenvalue weighted by Crippen LogP contribution is 2.20. The van der Waals surface area contributed by atoms with E-state index < -0.39 is 0 Å². The summed E-state index contributed by atoms with van der Waals surface area (Å²) < 4.78 is 4.98. The smallest absolute Gasteiger partial charge is 0.306 e. The normalized spacial score (nSPS) is 21.2. The molecule has 1 aliphatic rings. The van der Waals surface area contributed by atoms with Crippen molar-refractivity contribution < 1.29 is 9.53 Å². The molecule has 2 heteroatoms. The Hall–Kier alpha value is -1.05. The summed E-state index contributed by atoms with van der Waals surface area (Å²) in [6.45, 7) is 2.32. The van der Waals surface area contributed by atoms with Gasteiger partial charge in [-0.15, -0.1) is 0 Å². The summed E-state index contributed by atoms with van der Waals surface area (Å²) in [5.41, 5.74) is 0. The van der Waals surface area contributed by atoms with E-state index in [0.29, 0.717) is 18.9 Å². The van der Waals surface area contributed by atoms with Crippen LogP contribution in [-0.4, -0.2) is 12.6 Å². The number of hydrogen-bond donors (Lipinski definition) is 0. The molecule has 0 aromatic heterocycles. The Bertz CT molecular complexity index is 216. The molecule has 1 unspecified atom stereocenters. The van der Waals surface area contributed by atoms with Gasteiger partial charge in [0, 0.05) is 0 Å². The van der Waals surface area contributed by atoms with Crippen molar-refractivity contribution in [2.75, 3.05) is 6.61 Å². The van der Waals surface area contributed by atoms with Crippen molar-refractivity contribution in [3.63, 3.8) is 0 Å². The molecule has 0 fully saturated rings. The maximum Gasteiger partial charge on any atom is 0.306 e. The van der Waals surface area contributed by atoms with Gasteiger partial charge in [-0.2, -0.15) is 0 Å². The van der Waals surface area contributed by atoms with Crippen molar-refractivity contribution in [3.05, 3.63) is 24.3 Å². The summed E-state index contributed by atoms with van der Waals surface area (Å²) in [6, 6.07) is 0. The highest BCUT2D eigenvalue weighted by Gasteiger charge is 2.14. The molecule has 0 radical (unpaired) electrons. The quantitative estimate of drug-likeness (QED) is 0.490. The van der Waals surface area contributed by atoms with Gasteiger partial charge < -0.3 is 4.74 Å². The minimum absolute atomic E-state index is 0.0883. The van der Waals surface area contributed by atoms with Crippen LogP contribution < -0.4 is 0 Å². The third-order valence-corrected chi connectivity index (χ3v) is 2.12. The SMILES string of the molecule is C/C=C/COC(=O)CC1C=CCC1. The van der Waals surface area contributed by atoms with Crippen LogP contribution in [0, 0.1) is 5.92 Å². The van der Waals surface area contributed by atoms with E-state index in [1.54, 1.807) is 0 Å². The third-order valence-electron chi connectivity index (χ3n) is 2.12. The van der Waals surface area contributed by atoms with Gasteiger partial charge in [0.25, 0.3) is 0 Å². The number of rotatable bonds is 4. The lowest BCUT2D eigenvalue weighted by atomic mass is 10.1. The molecule has 0 spiro atoms. The first-order valence-corrected chi connectivity index (χ1v) is 4.76. The molecule has 1 aliphatic carbocycles. The van der Waals surface area contributed by atoms with E-state index in [9.17, 15) is 4.79 Å². The number of ether oxygens (including phenoxy) is 1. The summed E-state index contributed by atoms with van der Waals surface area (Å²) in [5.74, 6) is 0.327. The van der Waals surface area contributed by atoms with Gasteiger partial charge in [-0.25, -0.2) is 0 Å². The van der Waals surface area contributed by atoms with E-state index in [4.69, 9.17) is 4.74 Å². The molecule has 0 aromatic carbocycles. The Morgan fingerprint density at radius 2 is 2.54 bits per heavy atom. The van der Waals surface area contributed by atoms with E-state index in [2.05, 4.69) is 12.2 Å². The Morgan fingerprint density at radius 3 is 3.15 bits per heavy atom. The van der Waals surface area contributed by atoms with Crippen LogP contribution in [0.2, 0.25) is 0 Å². The number of hydrogen-bond acceptors (Lipinski definition) is 2. The largest absolute Gasteiger partial charge is 0.461 e. The Labute approximate surface area is 79.3 Å². The molecule has 1 rings (SSSR count). The average Bonchev–Trinajstić information content (AvgIpc) is 2.57. The standard InChI is InChI=1S/C11H16O2/c1-2-3-8-13-11(12)9-10-6-4-5-7-10/h2-4,6,10H,5,7-9H2,1H3/b3-2+. The lowest BCUT2D eigenvalue weighted by Gasteiger charge is -2.05. The fraction of sp³-hybridized carbons (Fsp3) is 0.545. The molecule has 0 amide bonds. The molecule has 2 nitrogen and oxygen atoms in total. The van der Waals surface area contributed by atoms with Crippen molar-refractivity contribution in [3.8, 4) is 0 Å². The van der Waals surface area contributed by atoms with Crippen LogP contribution >= 0.6 is 0 Å². The van der Waals surface area contributed by atoms with Gasteiger partial charge in [0.05, 0.1) is 6.42 Å². The zero-order valence-corrected chi connectivity index (χ0v) is 8.03. The number of carbonyl (C=O) groups excluding carboxylic acids is 1. The maximum atomic E-state index is 11.2. The van der Waals surface area contributed by atoms with E-state index >= 15 is 0 Å². The van der Waals surface area contributed by atoms with Gasteiger partial charge in [-0.1, -0.05) is 24.3 Å². The van der Waals surface area contributed by atoms with Crippen molar-refractivity contribution >= 4 is 5.97 Å². The Morgan fingerprint density at radius 1 is 1.69 bits per heavy atom. The number of esters is 1. The average molecular weight is 180 g/mol. The summed E-state index contributed by atoms with van der Waals surface area (Å²) in [6.07, 6.45) is 10.7. The van der Waals surface area contributed by atoms with Crippen molar-refractivity contribution in [1.82, 2.24) is 0 Å². The monoisotopic (exact) mass is 180 g/mol. The first-order chi connectivity index (χ1) is 6.33. The Balaban J connectivity index is 2.13. The summed E-state index contributed by atoms with van der Waals surface area (Å²) >= 11 is 0. The third kappa shape index (κ3) is 3.92. The van der Waals surface area contributed by atoms with Gasteiger partial charge in [0.2, 0.25) is 0 Å². The maximum absolute atomic E-state index is 11.2. The van der Waals surface area contributed by atoms with Crippen molar-refractivity contribution in [1.29, 1.82) is 0 Å². The molecular formula is C11H16O2. The van der Waals surface area contributed by atoms with Gasteiger partial charge in [0.15, 0.2) is 0 Å². The lowest BCUT2D eigenvalue weighted by molar-refractivity contribution is -0.143. The predicted molar refractivity (Wildman–Crippen MR) is 52.3 cm³/mol.